The van der Waals surface area contributed by atoms with Gasteiger partial charge in [0, 0.05) is 25.3 Å². The molecule has 1 aliphatic carbocycles. The Kier molecular flexibility index (Phi) is 4.42. The van der Waals surface area contributed by atoms with Crippen LogP contribution in [0.2, 0.25) is 0 Å². The first kappa shape index (κ1) is 15.0. The molecule has 22 heavy (non-hydrogen) atoms. The summed E-state index contributed by atoms with van der Waals surface area (Å²) < 4.78 is 16.0. The Morgan fingerprint density at radius 3 is 2.86 bits per heavy atom. The summed E-state index contributed by atoms with van der Waals surface area (Å²) in [4.78, 5) is 10.9. The summed E-state index contributed by atoms with van der Waals surface area (Å²) in [5.41, 5.74) is 0.482. The van der Waals surface area contributed by atoms with Crippen molar-refractivity contribution in [3.8, 4) is 11.4 Å². The van der Waals surface area contributed by atoms with Crippen LogP contribution in [0.3, 0.4) is 0 Å². The van der Waals surface area contributed by atoms with E-state index in [0.717, 1.165) is 18.0 Å². The van der Waals surface area contributed by atoms with E-state index in [4.69, 9.17) is 0 Å². The number of benzene rings is 1. The summed E-state index contributed by atoms with van der Waals surface area (Å²) in [5, 5.41) is 11.9. The lowest BCUT2D eigenvalue weighted by Crippen LogP contribution is -2.22. The standard InChI is InChI=1S/C15H17FN4OS/c1-10(21)17-8-9-22-15-19-18-14(20(15)11-6-7-11)12-4-2-3-5-13(12)16/h2-5,11H,6-9H2,1H3,(H,17,21). The molecule has 1 heterocycles. The highest BCUT2D eigenvalue weighted by Gasteiger charge is 2.30. The van der Waals surface area contributed by atoms with E-state index in [1.54, 1.807) is 18.2 Å². The summed E-state index contributed by atoms with van der Waals surface area (Å²) in [6.07, 6.45) is 2.14. The largest absolute Gasteiger partial charge is 0.356 e. The lowest BCUT2D eigenvalue weighted by atomic mass is 10.2. The van der Waals surface area contributed by atoms with Gasteiger partial charge in [0.05, 0.1) is 5.56 Å². The van der Waals surface area contributed by atoms with Crippen molar-refractivity contribution in [3.05, 3.63) is 30.1 Å². The van der Waals surface area contributed by atoms with Crippen LogP contribution in [-0.4, -0.2) is 33.0 Å². The quantitative estimate of drug-likeness (QED) is 0.656. The van der Waals surface area contributed by atoms with E-state index in [1.807, 2.05) is 4.57 Å². The zero-order valence-corrected chi connectivity index (χ0v) is 13.1. The molecule has 0 unspecified atom stereocenters. The number of carbonyl (C=O) groups excluding carboxylic acids is 1. The highest BCUT2D eigenvalue weighted by molar-refractivity contribution is 7.99. The average Bonchev–Trinajstić information content (AvgIpc) is 3.25. The highest BCUT2D eigenvalue weighted by Crippen LogP contribution is 2.41. The molecule has 0 atom stereocenters. The number of hydrogen-bond donors (Lipinski definition) is 1. The van der Waals surface area contributed by atoms with Crippen molar-refractivity contribution < 1.29 is 9.18 Å². The van der Waals surface area contributed by atoms with Crippen molar-refractivity contribution in [2.24, 2.45) is 0 Å². The van der Waals surface area contributed by atoms with Gasteiger partial charge in [-0.1, -0.05) is 23.9 Å². The van der Waals surface area contributed by atoms with Gasteiger partial charge in [0.15, 0.2) is 11.0 Å². The van der Waals surface area contributed by atoms with Gasteiger partial charge in [-0.2, -0.15) is 0 Å². The van der Waals surface area contributed by atoms with Crippen LogP contribution >= 0.6 is 11.8 Å². The van der Waals surface area contributed by atoms with Crippen LogP contribution in [0.25, 0.3) is 11.4 Å². The Morgan fingerprint density at radius 1 is 1.41 bits per heavy atom. The number of nitrogens with zero attached hydrogens (tertiary/aromatic N) is 3. The summed E-state index contributed by atoms with van der Waals surface area (Å²) in [5.74, 6) is 0.965. The minimum absolute atomic E-state index is 0.0451. The second-order valence-corrected chi connectivity index (χ2v) is 6.28. The smallest absolute Gasteiger partial charge is 0.216 e. The summed E-state index contributed by atoms with van der Waals surface area (Å²) in [6, 6.07) is 6.98. The molecule has 1 fully saturated rings. The molecule has 1 N–H and O–H groups in total. The van der Waals surface area contributed by atoms with E-state index in [1.165, 1.54) is 24.8 Å². The Balaban J connectivity index is 1.81. The van der Waals surface area contributed by atoms with Crippen LogP contribution in [-0.2, 0) is 4.79 Å². The van der Waals surface area contributed by atoms with Gasteiger partial charge < -0.3 is 5.32 Å². The van der Waals surface area contributed by atoms with Crippen molar-refractivity contribution >= 4 is 17.7 Å². The fourth-order valence-electron chi connectivity index (χ4n) is 2.23. The molecule has 0 radical (unpaired) electrons. The topological polar surface area (TPSA) is 59.8 Å². The molecule has 1 saturated carbocycles. The maximum absolute atomic E-state index is 14.0. The molecule has 116 valence electrons. The van der Waals surface area contributed by atoms with Gasteiger partial charge in [0.1, 0.15) is 5.82 Å². The Bertz CT molecular complexity index is 684. The fraction of sp³-hybridized carbons (Fsp3) is 0.400. The van der Waals surface area contributed by atoms with Gasteiger partial charge in [-0.15, -0.1) is 10.2 Å². The van der Waals surface area contributed by atoms with E-state index in [0.29, 0.717) is 29.7 Å². The summed E-state index contributed by atoms with van der Waals surface area (Å²) >= 11 is 1.53. The second-order valence-electron chi connectivity index (χ2n) is 5.22. The molecule has 1 aliphatic rings. The molecule has 7 heteroatoms. The monoisotopic (exact) mass is 320 g/mol. The van der Waals surface area contributed by atoms with E-state index in [2.05, 4.69) is 15.5 Å². The Hall–Kier alpha value is -1.89. The molecule has 0 spiro atoms. The van der Waals surface area contributed by atoms with Crippen molar-refractivity contribution in [2.45, 2.75) is 31.0 Å². The molecule has 3 rings (SSSR count). The molecule has 5 nitrogen and oxygen atoms in total. The van der Waals surface area contributed by atoms with Gasteiger partial charge in [0.2, 0.25) is 5.91 Å². The zero-order chi connectivity index (χ0) is 15.5. The molecule has 1 aromatic carbocycles. The molecule has 0 saturated heterocycles. The number of carbonyl (C=O) groups is 1. The van der Waals surface area contributed by atoms with Gasteiger partial charge in [-0.3, -0.25) is 9.36 Å². The Morgan fingerprint density at radius 2 is 2.18 bits per heavy atom. The van der Waals surface area contributed by atoms with Crippen LogP contribution < -0.4 is 5.32 Å². The number of hydrogen-bond acceptors (Lipinski definition) is 4. The number of thioether (sulfide) groups is 1. The summed E-state index contributed by atoms with van der Waals surface area (Å²) in [7, 11) is 0. The predicted molar refractivity (Wildman–Crippen MR) is 83.1 cm³/mol. The third-order valence-corrected chi connectivity index (χ3v) is 4.34. The van der Waals surface area contributed by atoms with Gasteiger partial charge in [0.25, 0.3) is 0 Å². The number of halogens is 1. The van der Waals surface area contributed by atoms with Crippen LogP contribution in [0.5, 0.6) is 0 Å². The lowest BCUT2D eigenvalue weighted by molar-refractivity contribution is -0.118. The van der Waals surface area contributed by atoms with Crippen molar-refractivity contribution in [3.63, 3.8) is 0 Å². The first-order valence-electron chi connectivity index (χ1n) is 7.24. The average molecular weight is 320 g/mol. The normalized spacial score (nSPS) is 14.1. The SMILES string of the molecule is CC(=O)NCCSc1nnc(-c2ccccc2F)n1C1CC1. The fourth-order valence-corrected chi connectivity index (χ4v) is 3.09. The van der Waals surface area contributed by atoms with E-state index >= 15 is 0 Å². The first-order chi connectivity index (χ1) is 10.7. The van der Waals surface area contributed by atoms with Crippen molar-refractivity contribution in [1.29, 1.82) is 0 Å². The minimum Gasteiger partial charge on any atom is -0.356 e. The van der Waals surface area contributed by atoms with E-state index < -0.39 is 0 Å². The van der Waals surface area contributed by atoms with Gasteiger partial charge in [-0.05, 0) is 25.0 Å². The molecule has 0 bridgehead atoms. The highest BCUT2D eigenvalue weighted by atomic mass is 32.2. The number of aromatic nitrogens is 3. The molecular formula is C15H17FN4OS. The van der Waals surface area contributed by atoms with Gasteiger partial charge >= 0.3 is 0 Å². The number of rotatable bonds is 6. The molecule has 2 aromatic rings. The van der Waals surface area contributed by atoms with Crippen LogP contribution in [0, 0.1) is 5.82 Å². The molecule has 0 aliphatic heterocycles. The first-order valence-corrected chi connectivity index (χ1v) is 8.22. The van der Waals surface area contributed by atoms with Crippen molar-refractivity contribution in [2.75, 3.05) is 12.3 Å². The van der Waals surface area contributed by atoms with Crippen LogP contribution in [0.1, 0.15) is 25.8 Å². The van der Waals surface area contributed by atoms with Crippen molar-refractivity contribution in [1.82, 2.24) is 20.1 Å². The third-order valence-electron chi connectivity index (χ3n) is 3.40. The number of nitrogens with one attached hydrogen (secondary N) is 1. The van der Waals surface area contributed by atoms with E-state index in [-0.39, 0.29) is 11.7 Å². The lowest BCUT2D eigenvalue weighted by Gasteiger charge is -2.09. The zero-order valence-electron chi connectivity index (χ0n) is 12.3. The van der Waals surface area contributed by atoms with Crippen LogP contribution in [0.15, 0.2) is 29.4 Å². The second kappa shape index (κ2) is 6.48. The van der Waals surface area contributed by atoms with Gasteiger partial charge in [-0.25, -0.2) is 4.39 Å². The summed E-state index contributed by atoms with van der Waals surface area (Å²) in [6.45, 7) is 2.07. The third kappa shape index (κ3) is 3.30. The molecule has 1 aromatic heterocycles. The maximum Gasteiger partial charge on any atom is 0.216 e. The maximum atomic E-state index is 14.0. The predicted octanol–water partition coefficient (Wildman–Crippen LogP) is 2.65. The minimum atomic E-state index is -0.286. The van der Waals surface area contributed by atoms with E-state index in [9.17, 15) is 9.18 Å². The van der Waals surface area contributed by atoms with Crippen LogP contribution in [0.4, 0.5) is 4.39 Å². The molecular weight excluding hydrogens is 303 g/mol. The Labute approximate surface area is 132 Å². The molecule has 1 amide bonds. The number of amides is 1.